The average Bonchev–Trinajstić information content (AvgIpc) is 1.86. The van der Waals surface area contributed by atoms with E-state index in [9.17, 15) is 0 Å². The van der Waals surface area contributed by atoms with Crippen LogP contribution in [-0.4, -0.2) is 0 Å². The molecule has 60 valence electrons. The highest BCUT2D eigenvalue weighted by atomic mass is 14.5. The quantitative estimate of drug-likeness (QED) is 0.551. The molecule has 10 heavy (non-hydrogen) atoms. The molecule has 0 heterocycles. The summed E-state index contributed by atoms with van der Waals surface area (Å²) in [6, 6.07) is 0. The van der Waals surface area contributed by atoms with Crippen molar-refractivity contribution in [2.24, 2.45) is 17.3 Å². The molecular weight excluding hydrogens is 120 g/mol. The van der Waals surface area contributed by atoms with Crippen molar-refractivity contribution in [3.8, 4) is 0 Å². The SMILES string of the molecule is CCC(C)C1CCC1(C)C. The minimum Gasteiger partial charge on any atom is -0.0651 e. The maximum absolute atomic E-state index is 2.41. The van der Waals surface area contributed by atoms with Crippen LogP contribution in [0.3, 0.4) is 0 Å². The van der Waals surface area contributed by atoms with Crippen molar-refractivity contribution in [1.82, 2.24) is 0 Å². The summed E-state index contributed by atoms with van der Waals surface area (Å²) in [6.45, 7) is 9.52. The lowest BCUT2D eigenvalue weighted by molar-refractivity contribution is 0.0250. The van der Waals surface area contributed by atoms with Gasteiger partial charge < -0.3 is 0 Å². The second kappa shape index (κ2) is 2.56. The Bertz CT molecular complexity index is 113. The van der Waals surface area contributed by atoms with Crippen molar-refractivity contribution in [2.75, 3.05) is 0 Å². The standard InChI is InChI=1S/C10H20/c1-5-8(2)9-6-7-10(9,3)4/h8-9H,5-7H2,1-4H3. The van der Waals surface area contributed by atoms with Crippen LogP contribution >= 0.6 is 0 Å². The summed E-state index contributed by atoms with van der Waals surface area (Å²) in [6.07, 6.45) is 4.28. The molecule has 1 aliphatic carbocycles. The van der Waals surface area contributed by atoms with Crippen LogP contribution < -0.4 is 0 Å². The van der Waals surface area contributed by atoms with Gasteiger partial charge in [-0.05, 0) is 30.1 Å². The van der Waals surface area contributed by atoms with Crippen molar-refractivity contribution >= 4 is 0 Å². The summed E-state index contributed by atoms with van der Waals surface area (Å²) in [5.41, 5.74) is 0.662. The van der Waals surface area contributed by atoms with Gasteiger partial charge >= 0.3 is 0 Å². The molecule has 0 radical (unpaired) electrons. The summed E-state index contributed by atoms with van der Waals surface area (Å²) in [5, 5.41) is 0. The Balaban J connectivity index is 2.43. The molecule has 0 spiro atoms. The Kier molecular flexibility index (Phi) is 2.07. The van der Waals surface area contributed by atoms with Crippen LogP contribution in [0, 0.1) is 17.3 Å². The van der Waals surface area contributed by atoms with Gasteiger partial charge in [0.15, 0.2) is 0 Å². The number of hydrogen-bond acceptors (Lipinski definition) is 0. The smallest absolute Gasteiger partial charge is 0.0323 e. The van der Waals surface area contributed by atoms with Gasteiger partial charge in [0.1, 0.15) is 0 Å². The van der Waals surface area contributed by atoms with E-state index < -0.39 is 0 Å². The first kappa shape index (κ1) is 8.10. The predicted octanol–water partition coefficient (Wildman–Crippen LogP) is 3.47. The molecule has 1 aliphatic rings. The van der Waals surface area contributed by atoms with Gasteiger partial charge in [-0.25, -0.2) is 0 Å². The molecule has 0 heteroatoms. The minimum atomic E-state index is 0.662. The number of hydrogen-bond donors (Lipinski definition) is 0. The van der Waals surface area contributed by atoms with Gasteiger partial charge in [-0.1, -0.05) is 34.1 Å². The van der Waals surface area contributed by atoms with Crippen LogP contribution in [-0.2, 0) is 0 Å². The lowest BCUT2D eigenvalue weighted by Crippen LogP contribution is -2.38. The molecule has 0 aromatic carbocycles. The Hall–Kier alpha value is 0. The molecule has 0 amide bonds. The van der Waals surface area contributed by atoms with Crippen LogP contribution in [0.2, 0.25) is 0 Å². The molecule has 1 fully saturated rings. The number of rotatable bonds is 2. The fourth-order valence-corrected chi connectivity index (χ4v) is 2.23. The molecule has 0 bridgehead atoms. The zero-order valence-electron chi connectivity index (χ0n) is 7.78. The second-order valence-corrected chi connectivity index (χ2v) is 4.52. The molecule has 2 atom stereocenters. The zero-order chi connectivity index (χ0) is 7.78. The third-order valence-corrected chi connectivity index (χ3v) is 3.43. The Morgan fingerprint density at radius 3 is 2.20 bits per heavy atom. The summed E-state index contributed by atoms with van der Waals surface area (Å²) >= 11 is 0. The fraction of sp³-hybridized carbons (Fsp3) is 1.00. The topological polar surface area (TPSA) is 0 Å². The monoisotopic (exact) mass is 140 g/mol. The van der Waals surface area contributed by atoms with E-state index in [-0.39, 0.29) is 0 Å². The molecule has 1 saturated carbocycles. The first-order valence-electron chi connectivity index (χ1n) is 4.58. The third-order valence-electron chi connectivity index (χ3n) is 3.43. The molecule has 0 aliphatic heterocycles. The molecule has 0 N–H and O–H groups in total. The van der Waals surface area contributed by atoms with Gasteiger partial charge in [-0.2, -0.15) is 0 Å². The van der Waals surface area contributed by atoms with Crippen LogP contribution in [0.15, 0.2) is 0 Å². The van der Waals surface area contributed by atoms with Crippen molar-refractivity contribution in [3.63, 3.8) is 0 Å². The van der Waals surface area contributed by atoms with Crippen LogP contribution in [0.5, 0.6) is 0 Å². The lowest BCUT2D eigenvalue weighted by atomic mass is 9.58. The van der Waals surface area contributed by atoms with Crippen molar-refractivity contribution in [1.29, 1.82) is 0 Å². The van der Waals surface area contributed by atoms with Crippen molar-refractivity contribution in [3.05, 3.63) is 0 Å². The highest BCUT2D eigenvalue weighted by molar-refractivity contribution is 4.90. The molecule has 0 aromatic rings. The van der Waals surface area contributed by atoms with Gasteiger partial charge in [-0.3, -0.25) is 0 Å². The maximum atomic E-state index is 2.41. The molecule has 0 saturated heterocycles. The van der Waals surface area contributed by atoms with E-state index in [1.165, 1.54) is 19.3 Å². The Labute approximate surface area is 65.0 Å². The van der Waals surface area contributed by atoms with Gasteiger partial charge in [0, 0.05) is 0 Å². The lowest BCUT2D eigenvalue weighted by Gasteiger charge is -2.48. The van der Waals surface area contributed by atoms with Crippen LogP contribution in [0.1, 0.15) is 47.0 Å². The zero-order valence-corrected chi connectivity index (χ0v) is 7.78. The average molecular weight is 140 g/mol. The third kappa shape index (κ3) is 1.21. The first-order valence-corrected chi connectivity index (χ1v) is 4.58. The largest absolute Gasteiger partial charge is 0.0651 e. The molecule has 1 rings (SSSR count). The van der Waals surface area contributed by atoms with E-state index in [0.29, 0.717) is 5.41 Å². The van der Waals surface area contributed by atoms with E-state index in [1.807, 2.05) is 0 Å². The van der Waals surface area contributed by atoms with Crippen LogP contribution in [0.4, 0.5) is 0 Å². The van der Waals surface area contributed by atoms with Gasteiger partial charge in [0.05, 0.1) is 0 Å². The second-order valence-electron chi connectivity index (χ2n) is 4.52. The molecular formula is C10H20. The van der Waals surface area contributed by atoms with E-state index in [2.05, 4.69) is 27.7 Å². The fourth-order valence-electron chi connectivity index (χ4n) is 2.23. The van der Waals surface area contributed by atoms with E-state index in [1.54, 1.807) is 0 Å². The minimum absolute atomic E-state index is 0.662. The van der Waals surface area contributed by atoms with Crippen molar-refractivity contribution < 1.29 is 0 Å². The van der Waals surface area contributed by atoms with Gasteiger partial charge in [-0.15, -0.1) is 0 Å². The normalized spacial score (nSPS) is 33.0. The maximum Gasteiger partial charge on any atom is -0.0323 e. The van der Waals surface area contributed by atoms with Gasteiger partial charge in [0.25, 0.3) is 0 Å². The summed E-state index contributed by atoms with van der Waals surface area (Å²) in [7, 11) is 0. The summed E-state index contributed by atoms with van der Waals surface area (Å²) < 4.78 is 0. The van der Waals surface area contributed by atoms with E-state index in [4.69, 9.17) is 0 Å². The van der Waals surface area contributed by atoms with Crippen molar-refractivity contribution in [2.45, 2.75) is 47.0 Å². The Morgan fingerprint density at radius 1 is 1.50 bits per heavy atom. The molecule has 0 nitrogen and oxygen atoms in total. The Morgan fingerprint density at radius 2 is 2.10 bits per heavy atom. The highest BCUT2D eigenvalue weighted by Crippen LogP contribution is 2.50. The summed E-state index contributed by atoms with van der Waals surface area (Å²) in [5.74, 6) is 1.96. The molecule has 0 aromatic heterocycles. The van der Waals surface area contributed by atoms with E-state index in [0.717, 1.165) is 11.8 Å². The molecule has 2 unspecified atom stereocenters. The summed E-state index contributed by atoms with van der Waals surface area (Å²) in [4.78, 5) is 0. The highest BCUT2D eigenvalue weighted by Gasteiger charge is 2.40. The van der Waals surface area contributed by atoms with E-state index >= 15 is 0 Å². The van der Waals surface area contributed by atoms with Crippen LogP contribution in [0.25, 0.3) is 0 Å². The first-order chi connectivity index (χ1) is 4.58. The predicted molar refractivity (Wildman–Crippen MR) is 46.0 cm³/mol. The van der Waals surface area contributed by atoms with Gasteiger partial charge in [0.2, 0.25) is 0 Å².